The van der Waals surface area contributed by atoms with Crippen molar-refractivity contribution in [1.29, 1.82) is 0 Å². The molecule has 10 nitrogen and oxygen atoms in total. The van der Waals surface area contributed by atoms with Crippen molar-refractivity contribution in [1.82, 2.24) is 5.32 Å². The highest BCUT2D eigenvalue weighted by Crippen LogP contribution is 2.42. The molecule has 0 saturated carbocycles. The summed E-state index contributed by atoms with van der Waals surface area (Å²) in [7, 11) is 1.45. The van der Waals surface area contributed by atoms with Crippen LogP contribution in [0.15, 0.2) is 24.3 Å². The maximum absolute atomic E-state index is 12.7. The third-order valence-corrected chi connectivity index (χ3v) is 8.32. The third kappa shape index (κ3) is 9.54. The average molecular weight is 592 g/mol. The van der Waals surface area contributed by atoms with Crippen molar-refractivity contribution in [2.75, 3.05) is 7.11 Å². The molecule has 1 aliphatic heterocycles. The molecule has 236 valence electrons. The van der Waals surface area contributed by atoms with Crippen molar-refractivity contribution in [3.05, 3.63) is 41.0 Å². The molecule has 42 heavy (non-hydrogen) atoms. The van der Waals surface area contributed by atoms with Crippen molar-refractivity contribution in [3.63, 3.8) is 0 Å². The summed E-state index contributed by atoms with van der Waals surface area (Å²) < 4.78 is 17.8. The summed E-state index contributed by atoms with van der Waals surface area (Å²) >= 11 is 0. The van der Waals surface area contributed by atoms with Gasteiger partial charge in [-0.25, -0.2) is 4.79 Å². The van der Waals surface area contributed by atoms with Crippen molar-refractivity contribution in [2.24, 2.45) is 11.3 Å². The summed E-state index contributed by atoms with van der Waals surface area (Å²) in [6.45, 7) is 14.9. The highest BCUT2D eigenvalue weighted by Gasteiger charge is 2.48. The first-order valence-corrected chi connectivity index (χ1v) is 14.6. The van der Waals surface area contributed by atoms with Crippen LogP contribution in [0.4, 0.5) is 0 Å². The van der Waals surface area contributed by atoms with Gasteiger partial charge in [0.05, 0.1) is 6.10 Å². The molecule has 1 aromatic rings. The van der Waals surface area contributed by atoms with Crippen LogP contribution in [0.1, 0.15) is 94.6 Å². The first kappa shape index (κ1) is 35.2. The van der Waals surface area contributed by atoms with Crippen LogP contribution < -0.4 is 5.32 Å². The number of carboxylic acids is 1. The van der Waals surface area contributed by atoms with E-state index in [9.17, 15) is 29.7 Å². The molecule has 1 aromatic carbocycles. The van der Waals surface area contributed by atoms with Gasteiger partial charge in [0.15, 0.2) is 6.23 Å². The van der Waals surface area contributed by atoms with E-state index in [-0.39, 0.29) is 29.8 Å². The molecular weight excluding hydrogens is 542 g/mol. The molecule has 2 rings (SSSR count). The summed E-state index contributed by atoms with van der Waals surface area (Å²) in [4.78, 5) is 36.4. The molecule has 1 aliphatic rings. The number of aryl methyl sites for hydroxylation is 1. The number of carbonyl (C=O) groups excluding carboxylic acids is 2. The quantitative estimate of drug-likeness (QED) is 0.130. The van der Waals surface area contributed by atoms with E-state index in [1.165, 1.54) is 20.1 Å². The van der Waals surface area contributed by atoms with Crippen molar-refractivity contribution >= 4 is 17.8 Å². The van der Waals surface area contributed by atoms with E-state index in [4.69, 9.17) is 14.2 Å². The Labute approximate surface area is 249 Å². The molecule has 0 bridgehead atoms. The molecule has 0 spiro atoms. The average Bonchev–Trinajstić information content (AvgIpc) is 2.90. The lowest BCUT2D eigenvalue weighted by Gasteiger charge is -2.48. The zero-order valence-electron chi connectivity index (χ0n) is 26.1. The fourth-order valence-corrected chi connectivity index (χ4v) is 5.52. The van der Waals surface area contributed by atoms with Crippen LogP contribution in [0.3, 0.4) is 0 Å². The largest absolute Gasteiger partial charge is 0.507 e. The molecule has 1 heterocycles. The van der Waals surface area contributed by atoms with Gasteiger partial charge in [-0.05, 0) is 75.5 Å². The van der Waals surface area contributed by atoms with Gasteiger partial charge >= 0.3 is 11.9 Å². The number of rotatable bonds is 15. The lowest BCUT2D eigenvalue weighted by atomic mass is 9.73. The fourth-order valence-electron chi connectivity index (χ4n) is 5.52. The number of ether oxygens (including phenoxy) is 3. The Morgan fingerprint density at radius 3 is 2.43 bits per heavy atom. The summed E-state index contributed by atoms with van der Waals surface area (Å²) in [5.41, 5.74) is 1.72. The van der Waals surface area contributed by atoms with Gasteiger partial charge in [0.1, 0.15) is 29.6 Å². The molecule has 4 N–H and O–H groups in total. The first-order valence-electron chi connectivity index (χ1n) is 14.6. The number of benzene rings is 1. The summed E-state index contributed by atoms with van der Waals surface area (Å²) in [5, 5.41) is 32.8. The van der Waals surface area contributed by atoms with Gasteiger partial charge in [-0.2, -0.15) is 0 Å². The zero-order chi connectivity index (χ0) is 31.8. The van der Waals surface area contributed by atoms with Crippen molar-refractivity contribution < 1.29 is 43.9 Å². The molecule has 1 unspecified atom stereocenters. The topological polar surface area (TPSA) is 152 Å². The number of allylic oxidation sites excluding steroid dienone is 1. The molecule has 1 saturated heterocycles. The number of hydrogen-bond acceptors (Lipinski definition) is 8. The third-order valence-electron chi connectivity index (χ3n) is 8.32. The molecule has 0 aliphatic carbocycles. The number of amides is 1. The van der Waals surface area contributed by atoms with Gasteiger partial charge in [-0.3, -0.25) is 9.59 Å². The Bertz CT molecular complexity index is 1120. The minimum absolute atomic E-state index is 0.0524. The molecule has 1 fully saturated rings. The van der Waals surface area contributed by atoms with E-state index in [0.29, 0.717) is 37.7 Å². The van der Waals surface area contributed by atoms with Gasteiger partial charge in [0, 0.05) is 25.9 Å². The lowest BCUT2D eigenvalue weighted by Crippen LogP contribution is -2.58. The number of methoxy groups -OCH3 is 1. The minimum Gasteiger partial charge on any atom is -0.507 e. The second-order valence-electron chi connectivity index (χ2n) is 12.3. The standard InChI is InChI=1S/C32H49NO9/c1-18(2)9-14-24(36)29(37)33-30(40-8)25-17-27(41-21(5)34)32(6,7)26(42-25)16-11-19(3)10-13-22-20(4)12-15-23(35)28(22)31(38)39/h12,15,19,24-27,30,35-36H,1,9-11,13-14,16-17H2,2-8H3,(H,33,37)(H,38,39)/t19-,24-,25-,26?,27+,30-/m0/s1. The van der Waals surface area contributed by atoms with E-state index < -0.39 is 47.8 Å². The van der Waals surface area contributed by atoms with E-state index in [2.05, 4.69) is 18.8 Å². The monoisotopic (exact) mass is 591 g/mol. The van der Waals surface area contributed by atoms with E-state index >= 15 is 0 Å². The van der Waals surface area contributed by atoms with Crippen LogP contribution in [0, 0.1) is 18.3 Å². The molecular formula is C32H49NO9. The number of carboxylic acid groups (broad SMARTS) is 1. The second-order valence-corrected chi connectivity index (χ2v) is 12.3. The van der Waals surface area contributed by atoms with Crippen LogP contribution in [-0.4, -0.2) is 70.9 Å². The van der Waals surface area contributed by atoms with Gasteiger partial charge in [-0.1, -0.05) is 32.4 Å². The van der Waals surface area contributed by atoms with Gasteiger partial charge in [0.25, 0.3) is 5.91 Å². The number of hydrogen-bond donors (Lipinski definition) is 4. The number of aliphatic hydroxyl groups is 1. The van der Waals surface area contributed by atoms with Crippen molar-refractivity contribution in [3.8, 4) is 5.75 Å². The van der Waals surface area contributed by atoms with E-state index in [1.54, 1.807) is 6.07 Å². The molecule has 6 atom stereocenters. The second kappa shape index (κ2) is 15.5. The van der Waals surface area contributed by atoms with Crippen LogP contribution in [0.2, 0.25) is 0 Å². The maximum atomic E-state index is 12.7. The van der Waals surface area contributed by atoms with E-state index in [0.717, 1.165) is 17.6 Å². The normalized spacial score (nSPS) is 22.0. The van der Waals surface area contributed by atoms with Crippen LogP contribution >= 0.6 is 0 Å². The van der Waals surface area contributed by atoms with E-state index in [1.807, 2.05) is 27.7 Å². The first-order chi connectivity index (χ1) is 19.6. The Morgan fingerprint density at radius 2 is 1.86 bits per heavy atom. The Kier molecular flexibility index (Phi) is 13.0. The van der Waals surface area contributed by atoms with Crippen LogP contribution in [0.25, 0.3) is 0 Å². The number of carbonyl (C=O) groups is 3. The van der Waals surface area contributed by atoms with Gasteiger partial charge in [0.2, 0.25) is 0 Å². The Morgan fingerprint density at radius 1 is 1.19 bits per heavy atom. The summed E-state index contributed by atoms with van der Waals surface area (Å²) in [5.74, 6) is -2.18. The van der Waals surface area contributed by atoms with Crippen LogP contribution in [0.5, 0.6) is 5.75 Å². The van der Waals surface area contributed by atoms with Gasteiger partial charge < -0.3 is 34.8 Å². The number of aromatic carboxylic acids is 1. The summed E-state index contributed by atoms with van der Waals surface area (Å²) in [6, 6.07) is 3.13. The summed E-state index contributed by atoms with van der Waals surface area (Å²) in [6.07, 6.45) is 0.0675. The number of esters is 1. The fraction of sp³-hybridized carbons (Fsp3) is 0.656. The number of aliphatic hydroxyl groups excluding tert-OH is 1. The predicted molar refractivity (Wildman–Crippen MR) is 158 cm³/mol. The molecule has 0 radical (unpaired) electrons. The molecule has 1 amide bonds. The highest BCUT2D eigenvalue weighted by molar-refractivity contribution is 5.93. The smallest absolute Gasteiger partial charge is 0.339 e. The van der Waals surface area contributed by atoms with Crippen molar-refractivity contribution in [2.45, 2.75) is 117 Å². The zero-order valence-corrected chi connectivity index (χ0v) is 26.1. The number of phenols is 1. The number of nitrogens with one attached hydrogen (secondary N) is 1. The van der Waals surface area contributed by atoms with Crippen LogP contribution in [-0.2, 0) is 30.2 Å². The lowest BCUT2D eigenvalue weighted by molar-refractivity contribution is -0.220. The predicted octanol–water partition coefficient (Wildman–Crippen LogP) is 4.67. The highest BCUT2D eigenvalue weighted by atomic mass is 16.6. The Balaban J connectivity index is 2.14. The minimum atomic E-state index is -1.22. The van der Waals surface area contributed by atoms with Gasteiger partial charge in [-0.15, -0.1) is 6.58 Å². The SMILES string of the molecule is C=C(C)CC[C@H](O)C(=O)N[C@@H](OC)[C@@H]1C[C@@H](OC(C)=O)C(C)(C)C(CC[C@@H](C)CCc2c(C)ccc(O)c2C(=O)O)O1. The Hall–Kier alpha value is -2.95. The molecule has 0 aromatic heterocycles. The molecule has 10 heteroatoms. The number of aromatic hydroxyl groups is 1. The maximum Gasteiger partial charge on any atom is 0.339 e.